The molecule has 1 aromatic carbocycles. The van der Waals surface area contributed by atoms with Gasteiger partial charge >= 0.3 is 24.2 Å². The molecule has 0 N–H and O–H groups in total. The molecule has 0 aromatic heterocycles. The van der Waals surface area contributed by atoms with Crippen molar-refractivity contribution >= 4 is 5.57 Å². The lowest BCUT2D eigenvalue weighted by molar-refractivity contribution is -0.186. The largest absolute Gasteiger partial charge is 0.420 e. The lowest BCUT2D eigenvalue weighted by Crippen LogP contribution is -2.33. The number of halogens is 6. The highest BCUT2D eigenvalue weighted by molar-refractivity contribution is 5.75. The van der Waals surface area contributed by atoms with Gasteiger partial charge in [-0.05, 0) is 11.1 Å². The summed E-state index contributed by atoms with van der Waals surface area (Å²) in [5.74, 6) is -2.49. The minimum atomic E-state index is -2.82. The molecule has 0 saturated heterocycles. The zero-order valence-electron chi connectivity index (χ0n) is 11.9. The van der Waals surface area contributed by atoms with E-state index < -0.39 is 36.4 Å². The van der Waals surface area contributed by atoms with Crippen molar-refractivity contribution in [1.82, 2.24) is 0 Å². The second-order valence-electron chi connectivity index (χ2n) is 4.65. The molecule has 0 bridgehead atoms. The molecule has 0 spiro atoms. The van der Waals surface area contributed by atoms with Crippen LogP contribution in [0.4, 0.5) is 26.3 Å². The van der Waals surface area contributed by atoms with Crippen molar-refractivity contribution in [2.75, 3.05) is 0 Å². The normalized spacial score (nSPS) is 15.3. The van der Waals surface area contributed by atoms with Gasteiger partial charge < -0.3 is 9.47 Å². The van der Waals surface area contributed by atoms with Crippen LogP contribution in [0.5, 0.6) is 0 Å². The zero-order chi connectivity index (χ0) is 17.7. The summed E-state index contributed by atoms with van der Waals surface area (Å²) in [5, 5.41) is 0. The maximum Gasteiger partial charge on any atom is 0.342 e. The van der Waals surface area contributed by atoms with Gasteiger partial charge in [0.2, 0.25) is 0 Å². The van der Waals surface area contributed by atoms with Crippen LogP contribution in [0.25, 0.3) is 5.57 Å². The van der Waals surface area contributed by atoms with Crippen LogP contribution in [0.2, 0.25) is 0 Å². The van der Waals surface area contributed by atoms with E-state index in [9.17, 15) is 26.3 Å². The molecule has 0 aliphatic heterocycles. The second-order valence-corrected chi connectivity index (χ2v) is 4.65. The van der Waals surface area contributed by atoms with E-state index in [0.29, 0.717) is 5.57 Å². The van der Waals surface area contributed by atoms with Crippen molar-refractivity contribution in [3.05, 3.63) is 78.3 Å². The molecule has 0 atom stereocenters. The zero-order valence-corrected chi connectivity index (χ0v) is 11.9. The second kappa shape index (κ2) is 7.29. The molecule has 0 heterocycles. The van der Waals surface area contributed by atoms with Crippen molar-refractivity contribution in [3.63, 3.8) is 0 Å². The van der Waals surface area contributed by atoms with Gasteiger partial charge in [-0.25, -0.2) is 0 Å². The summed E-state index contributed by atoms with van der Waals surface area (Å²) in [6.07, 6.45) is -2.60. The molecule has 0 saturated carbocycles. The Morgan fingerprint density at radius 3 is 1.79 bits per heavy atom. The molecule has 0 radical (unpaired) electrons. The Labute approximate surface area is 133 Å². The number of benzene rings is 1. The van der Waals surface area contributed by atoms with Crippen LogP contribution in [0.15, 0.2) is 72.7 Å². The van der Waals surface area contributed by atoms with Crippen LogP contribution in [-0.2, 0) is 9.47 Å². The summed E-state index contributed by atoms with van der Waals surface area (Å²) in [7, 11) is 0. The Kier molecular flexibility index (Phi) is 5.38. The monoisotopic (exact) mass is 348 g/mol. The Morgan fingerprint density at radius 1 is 0.833 bits per heavy atom. The molecule has 8 heteroatoms. The molecule has 0 fully saturated rings. The predicted molar refractivity (Wildman–Crippen MR) is 73.8 cm³/mol. The summed E-state index contributed by atoms with van der Waals surface area (Å²) < 4.78 is 83.5. The fourth-order valence-electron chi connectivity index (χ4n) is 2.00. The van der Waals surface area contributed by atoms with Crippen LogP contribution >= 0.6 is 0 Å². The highest BCUT2D eigenvalue weighted by Crippen LogP contribution is 2.36. The number of hydrogen-bond acceptors (Lipinski definition) is 2. The molecular formula is C16H10F6O2. The van der Waals surface area contributed by atoms with Gasteiger partial charge in [0.25, 0.3) is 5.79 Å². The first-order valence-corrected chi connectivity index (χ1v) is 6.57. The minimum absolute atomic E-state index is 0.477. The number of allylic oxidation sites excluding steroid dienone is 2. The number of ether oxygens (including phenoxy) is 2. The van der Waals surface area contributed by atoms with Crippen LogP contribution < -0.4 is 0 Å². The van der Waals surface area contributed by atoms with E-state index in [1.165, 1.54) is 12.2 Å². The smallest absolute Gasteiger partial charge is 0.342 e. The van der Waals surface area contributed by atoms with Gasteiger partial charge in [-0.15, -0.1) is 0 Å². The number of hydrogen-bond donors (Lipinski definition) is 0. The van der Waals surface area contributed by atoms with E-state index in [2.05, 4.69) is 9.47 Å². The van der Waals surface area contributed by atoms with Gasteiger partial charge in [-0.1, -0.05) is 42.5 Å². The maximum absolute atomic E-state index is 13.1. The lowest BCUT2D eigenvalue weighted by atomic mass is 9.96. The standard InChI is InChI=1S/C16H10F6O2/c17-12(18)14(21)23-16(24-15(22)13(19)20)8-6-11(7-9-16)10-4-2-1-3-5-10/h1-8H,9H2. The fourth-order valence-corrected chi connectivity index (χ4v) is 2.00. The van der Waals surface area contributed by atoms with Crippen molar-refractivity contribution in [3.8, 4) is 0 Å². The van der Waals surface area contributed by atoms with Gasteiger partial charge in [0.15, 0.2) is 0 Å². The third-order valence-electron chi connectivity index (χ3n) is 3.05. The minimum Gasteiger partial charge on any atom is -0.420 e. The average molecular weight is 348 g/mol. The van der Waals surface area contributed by atoms with Gasteiger partial charge in [-0.2, -0.15) is 26.3 Å². The first-order valence-electron chi connectivity index (χ1n) is 6.57. The van der Waals surface area contributed by atoms with E-state index >= 15 is 0 Å². The van der Waals surface area contributed by atoms with E-state index in [0.717, 1.165) is 11.6 Å². The molecule has 2 nitrogen and oxygen atoms in total. The van der Waals surface area contributed by atoms with Crippen LogP contribution in [-0.4, -0.2) is 5.79 Å². The van der Waals surface area contributed by atoms with Crippen molar-refractivity contribution in [2.45, 2.75) is 12.2 Å². The van der Waals surface area contributed by atoms with E-state index in [1.54, 1.807) is 30.3 Å². The van der Waals surface area contributed by atoms with Gasteiger partial charge in [0, 0.05) is 12.5 Å². The molecular weight excluding hydrogens is 338 g/mol. The van der Waals surface area contributed by atoms with Crippen LogP contribution in [0.3, 0.4) is 0 Å². The quantitative estimate of drug-likeness (QED) is 0.379. The van der Waals surface area contributed by atoms with Crippen LogP contribution in [0, 0.1) is 0 Å². The molecule has 1 aromatic rings. The molecule has 2 rings (SSSR count). The highest BCUT2D eigenvalue weighted by atomic mass is 19.3. The van der Waals surface area contributed by atoms with Crippen molar-refractivity contribution in [1.29, 1.82) is 0 Å². The summed E-state index contributed by atoms with van der Waals surface area (Å²) in [6.45, 7) is 0. The van der Waals surface area contributed by atoms with Crippen molar-refractivity contribution < 1.29 is 35.8 Å². The topological polar surface area (TPSA) is 18.5 Å². The first kappa shape index (κ1) is 17.7. The average Bonchev–Trinajstić information content (AvgIpc) is 2.56. The molecule has 1 aliphatic carbocycles. The first-order chi connectivity index (χ1) is 11.3. The Bertz CT molecular complexity index is 687. The Hall–Kier alpha value is -2.64. The Balaban J connectivity index is 2.30. The summed E-state index contributed by atoms with van der Waals surface area (Å²) in [6, 6.07) is 4.01. The predicted octanol–water partition coefficient (Wildman–Crippen LogP) is 5.83. The molecule has 0 unspecified atom stereocenters. The molecule has 128 valence electrons. The van der Waals surface area contributed by atoms with Gasteiger partial charge in [-0.3, -0.25) is 0 Å². The lowest BCUT2D eigenvalue weighted by Gasteiger charge is -2.31. The van der Waals surface area contributed by atoms with E-state index in [-0.39, 0.29) is 0 Å². The third-order valence-corrected chi connectivity index (χ3v) is 3.05. The third kappa shape index (κ3) is 4.21. The van der Waals surface area contributed by atoms with Crippen molar-refractivity contribution in [2.24, 2.45) is 0 Å². The molecule has 0 amide bonds. The van der Waals surface area contributed by atoms with Gasteiger partial charge in [0.05, 0.1) is 0 Å². The summed E-state index contributed by atoms with van der Waals surface area (Å²) >= 11 is 0. The molecule has 24 heavy (non-hydrogen) atoms. The van der Waals surface area contributed by atoms with Crippen LogP contribution in [0.1, 0.15) is 12.0 Å². The summed E-state index contributed by atoms with van der Waals surface area (Å²) in [5.41, 5.74) is 1.30. The van der Waals surface area contributed by atoms with E-state index in [4.69, 9.17) is 0 Å². The van der Waals surface area contributed by atoms with Gasteiger partial charge in [0.1, 0.15) is 0 Å². The number of rotatable bonds is 5. The summed E-state index contributed by atoms with van der Waals surface area (Å²) in [4.78, 5) is 0. The van der Waals surface area contributed by atoms with E-state index in [1.807, 2.05) is 0 Å². The maximum atomic E-state index is 13.1. The fraction of sp³-hybridized carbons (Fsp3) is 0.125. The SMILES string of the molecule is FC(F)=C(F)OC1(OC(F)=C(F)F)C=CC(c2ccccc2)=CC1. The Morgan fingerprint density at radius 2 is 1.38 bits per heavy atom. The molecule has 1 aliphatic rings. The highest BCUT2D eigenvalue weighted by Gasteiger charge is 2.37.